The summed E-state index contributed by atoms with van der Waals surface area (Å²) in [4.78, 5) is 11.0. The van der Waals surface area contributed by atoms with Gasteiger partial charge in [-0.15, -0.1) is 0 Å². The zero-order valence-electron chi connectivity index (χ0n) is 12.9. The van der Waals surface area contributed by atoms with Crippen LogP contribution in [0.4, 0.5) is 0 Å². The first kappa shape index (κ1) is 17.7. The summed E-state index contributed by atoms with van der Waals surface area (Å²) in [5.41, 5.74) is 13.5. The van der Waals surface area contributed by atoms with Crippen LogP contribution in [0.1, 0.15) is 21.5 Å². The lowest BCUT2D eigenvalue weighted by Gasteiger charge is -2.00. The molecular weight excluding hydrogens is 280 g/mol. The molecule has 0 radical (unpaired) electrons. The number of rotatable bonds is 4. The highest BCUT2D eigenvalue weighted by Gasteiger charge is 2.02. The summed E-state index contributed by atoms with van der Waals surface area (Å²) in [7, 11) is 3.01. The molecule has 2 aromatic carbocycles. The standard InChI is InChI=1S/C9H11NO2.C8H11NO/c1-12-9(11)8-4-2-7(6-10)3-5-8;1-10-8-4-2-3-7(5-8)6-9/h2-5H,6,10H2,1H3;2-5H,6,9H2,1H3. The minimum Gasteiger partial charge on any atom is -0.497 e. The number of nitrogens with two attached hydrogens (primary N) is 2. The van der Waals surface area contributed by atoms with Crippen LogP contribution in [-0.2, 0) is 17.8 Å². The van der Waals surface area contributed by atoms with Gasteiger partial charge in [-0.1, -0.05) is 24.3 Å². The molecule has 0 fully saturated rings. The highest BCUT2D eigenvalue weighted by Crippen LogP contribution is 2.11. The molecule has 2 aromatic rings. The van der Waals surface area contributed by atoms with Gasteiger partial charge in [-0.05, 0) is 35.4 Å². The molecular formula is C17H22N2O3. The van der Waals surface area contributed by atoms with Crippen molar-refractivity contribution in [3.8, 4) is 5.75 Å². The van der Waals surface area contributed by atoms with E-state index in [1.54, 1.807) is 19.2 Å². The Labute approximate surface area is 130 Å². The van der Waals surface area contributed by atoms with Gasteiger partial charge in [0.2, 0.25) is 0 Å². The van der Waals surface area contributed by atoms with E-state index in [-0.39, 0.29) is 5.97 Å². The Morgan fingerprint density at radius 1 is 0.955 bits per heavy atom. The normalized spacial score (nSPS) is 9.45. The first-order chi connectivity index (χ1) is 10.6. The SMILES string of the molecule is COC(=O)c1ccc(CN)cc1.COc1cccc(CN)c1. The van der Waals surface area contributed by atoms with Gasteiger partial charge in [0.25, 0.3) is 0 Å². The van der Waals surface area contributed by atoms with Crippen LogP contribution in [0.25, 0.3) is 0 Å². The van der Waals surface area contributed by atoms with Gasteiger partial charge in [0.15, 0.2) is 0 Å². The third-order valence-electron chi connectivity index (χ3n) is 2.98. The van der Waals surface area contributed by atoms with Crippen molar-refractivity contribution in [3.05, 3.63) is 65.2 Å². The average molecular weight is 302 g/mol. The Kier molecular flexibility index (Phi) is 7.67. The van der Waals surface area contributed by atoms with Crippen molar-refractivity contribution in [3.63, 3.8) is 0 Å². The first-order valence-electron chi connectivity index (χ1n) is 6.85. The quantitative estimate of drug-likeness (QED) is 0.844. The van der Waals surface area contributed by atoms with Crippen molar-refractivity contribution < 1.29 is 14.3 Å². The van der Waals surface area contributed by atoms with Crippen LogP contribution in [0, 0.1) is 0 Å². The Balaban J connectivity index is 0.000000224. The van der Waals surface area contributed by atoms with Crippen molar-refractivity contribution in [1.82, 2.24) is 0 Å². The fourth-order valence-corrected chi connectivity index (χ4v) is 1.69. The second-order valence-electron chi connectivity index (χ2n) is 4.45. The van der Waals surface area contributed by atoms with Crippen LogP contribution in [0.5, 0.6) is 5.75 Å². The van der Waals surface area contributed by atoms with Crippen LogP contribution in [0.15, 0.2) is 48.5 Å². The smallest absolute Gasteiger partial charge is 0.337 e. The monoisotopic (exact) mass is 302 g/mol. The molecule has 0 saturated carbocycles. The summed E-state index contributed by atoms with van der Waals surface area (Å²) in [6, 6.07) is 14.8. The molecule has 0 saturated heterocycles. The lowest BCUT2D eigenvalue weighted by molar-refractivity contribution is 0.0600. The molecule has 0 spiro atoms. The predicted molar refractivity (Wildman–Crippen MR) is 86.6 cm³/mol. The minimum absolute atomic E-state index is 0.321. The van der Waals surface area contributed by atoms with Gasteiger partial charge in [0.1, 0.15) is 5.75 Å². The lowest BCUT2D eigenvalue weighted by Crippen LogP contribution is -2.02. The molecule has 0 bridgehead atoms. The third kappa shape index (κ3) is 5.55. The van der Waals surface area contributed by atoms with Crippen LogP contribution < -0.4 is 16.2 Å². The van der Waals surface area contributed by atoms with Gasteiger partial charge in [0, 0.05) is 13.1 Å². The van der Waals surface area contributed by atoms with E-state index >= 15 is 0 Å². The highest BCUT2D eigenvalue weighted by molar-refractivity contribution is 5.89. The van der Waals surface area contributed by atoms with Gasteiger partial charge in [-0.2, -0.15) is 0 Å². The molecule has 5 nitrogen and oxygen atoms in total. The molecule has 0 amide bonds. The van der Waals surface area contributed by atoms with Gasteiger partial charge in [-0.3, -0.25) is 0 Å². The van der Waals surface area contributed by atoms with E-state index in [0.717, 1.165) is 16.9 Å². The minimum atomic E-state index is -0.321. The Hall–Kier alpha value is -2.37. The third-order valence-corrected chi connectivity index (χ3v) is 2.98. The van der Waals surface area contributed by atoms with Gasteiger partial charge < -0.3 is 20.9 Å². The molecule has 2 rings (SSSR count). The topological polar surface area (TPSA) is 87.6 Å². The summed E-state index contributed by atoms with van der Waals surface area (Å²) in [5.74, 6) is 0.543. The number of ether oxygens (including phenoxy) is 2. The summed E-state index contributed by atoms with van der Waals surface area (Å²) in [6.07, 6.45) is 0. The average Bonchev–Trinajstić information content (AvgIpc) is 2.61. The summed E-state index contributed by atoms with van der Waals surface area (Å²) >= 11 is 0. The number of carbonyl (C=O) groups excluding carboxylic acids is 1. The molecule has 0 heterocycles. The van der Waals surface area contributed by atoms with Crippen LogP contribution in [-0.4, -0.2) is 20.2 Å². The molecule has 0 aliphatic heterocycles. The fraction of sp³-hybridized carbons (Fsp3) is 0.235. The second-order valence-corrected chi connectivity index (χ2v) is 4.45. The Morgan fingerprint density at radius 3 is 2.09 bits per heavy atom. The zero-order chi connectivity index (χ0) is 16.4. The van der Waals surface area contributed by atoms with Crippen molar-refractivity contribution in [2.45, 2.75) is 13.1 Å². The van der Waals surface area contributed by atoms with Crippen molar-refractivity contribution in [1.29, 1.82) is 0 Å². The van der Waals surface area contributed by atoms with Crippen molar-refractivity contribution in [2.24, 2.45) is 11.5 Å². The Bertz CT molecular complexity index is 563. The fourth-order valence-electron chi connectivity index (χ4n) is 1.69. The molecule has 118 valence electrons. The van der Waals surface area contributed by atoms with E-state index in [4.69, 9.17) is 16.2 Å². The number of hydrogen-bond acceptors (Lipinski definition) is 5. The maximum atomic E-state index is 11.0. The number of benzene rings is 2. The highest BCUT2D eigenvalue weighted by atomic mass is 16.5. The molecule has 0 aliphatic carbocycles. The number of esters is 1. The number of hydrogen-bond donors (Lipinski definition) is 2. The van der Waals surface area contributed by atoms with Crippen LogP contribution in [0.3, 0.4) is 0 Å². The predicted octanol–water partition coefficient (Wildman–Crippen LogP) is 2.09. The second kappa shape index (κ2) is 9.55. The van der Waals surface area contributed by atoms with E-state index in [1.807, 2.05) is 36.4 Å². The number of carbonyl (C=O) groups is 1. The van der Waals surface area contributed by atoms with Crippen LogP contribution in [0.2, 0.25) is 0 Å². The molecule has 22 heavy (non-hydrogen) atoms. The molecule has 0 aliphatic rings. The Morgan fingerprint density at radius 2 is 1.59 bits per heavy atom. The van der Waals surface area contributed by atoms with E-state index in [1.165, 1.54) is 7.11 Å². The van der Waals surface area contributed by atoms with Crippen molar-refractivity contribution in [2.75, 3.05) is 14.2 Å². The first-order valence-corrected chi connectivity index (χ1v) is 6.85. The van der Waals surface area contributed by atoms with E-state index in [0.29, 0.717) is 18.7 Å². The number of methoxy groups -OCH3 is 2. The van der Waals surface area contributed by atoms with Crippen LogP contribution >= 0.6 is 0 Å². The maximum Gasteiger partial charge on any atom is 0.337 e. The van der Waals surface area contributed by atoms with Gasteiger partial charge >= 0.3 is 5.97 Å². The van der Waals surface area contributed by atoms with E-state index in [2.05, 4.69) is 4.74 Å². The van der Waals surface area contributed by atoms with E-state index in [9.17, 15) is 4.79 Å². The summed E-state index contributed by atoms with van der Waals surface area (Å²) < 4.78 is 9.54. The summed E-state index contributed by atoms with van der Waals surface area (Å²) in [6.45, 7) is 1.05. The lowest BCUT2D eigenvalue weighted by atomic mass is 10.1. The molecule has 4 N–H and O–H groups in total. The van der Waals surface area contributed by atoms with Crippen molar-refractivity contribution >= 4 is 5.97 Å². The molecule has 0 aromatic heterocycles. The zero-order valence-corrected chi connectivity index (χ0v) is 12.9. The largest absolute Gasteiger partial charge is 0.497 e. The van der Waals surface area contributed by atoms with E-state index < -0.39 is 0 Å². The summed E-state index contributed by atoms with van der Waals surface area (Å²) in [5, 5.41) is 0. The van der Waals surface area contributed by atoms with Gasteiger partial charge in [0.05, 0.1) is 19.8 Å². The molecule has 0 atom stereocenters. The maximum absolute atomic E-state index is 11.0. The molecule has 5 heteroatoms. The van der Waals surface area contributed by atoms with Gasteiger partial charge in [-0.25, -0.2) is 4.79 Å². The molecule has 0 unspecified atom stereocenters.